The Balaban J connectivity index is 2.02. The Morgan fingerprint density at radius 1 is 1.20 bits per heavy atom. The molecule has 2 rings (SSSR count). The van der Waals surface area contributed by atoms with Gasteiger partial charge in [0.1, 0.15) is 0 Å². The molecule has 0 aliphatic carbocycles. The van der Waals surface area contributed by atoms with Crippen molar-refractivity contribution < 1.29 is 0 Å². The van der Waals surface area contributed by atoms with E-state index in [1.54, 1.807) is 0 Å². The van der Waals surface area contributed by atoms with Crippen LogP contribution in [0.4, 0.5) is 0 Å². The van der Waals surface area contributed by atoms with Gasteiger partial charge >= 0.3 is 0 Å². The first-order valence-corrected chi connectivity index (χ1v) is 8.13. The molecule has 0 spiro atoms. The molecular weight excluding hydrogens is 244 g/mol. The minimum absolute atomic E-state index is 0.605. The van der Waals surface area contributed by atoms with E-state index >= 15 is 0 Å². The molecule has 1 fully saturated rings. The highest BCUT2D eigenvalue weighted by atomic mass is 15.2. The molecule has 1 aliphatic rings. The van der Waals surface area contributed by atoms with Crippen molar-refractivity contribution in [2.75, 3.05) is 13.1 Å². The number of rotatable bonds is 5. The van der Waals surface area contributed by atoms with Gasteiger partial charge in [0.2, 0.25) is 0 Å². The van der Waals surface area contributed by atoms with Crippen molar-refractivity contribution in [1.29, 1.82) is 0 Å². The van der Waals surface area contributed by atoms with Crippen LogP contribution in [0.15, 0.2) is 24.3 Å². The number of hydrogen-bond donors (Lipinski definition) is 1. The summed E-state index contributed by atoms with van der Waals surface area (Å²) in [5.41, 5.74) is 2.88. The average molecular weight is 274 g/mol. The van der Waals surface area contributed by atoms with Crippen molar-refractivity contribution in [3.8, 4) is 0 Å². The van der Waals surface area contributed by atoms with Gasteiger partial charge in [0.25, 0.3) is 0 Å². The predicted octanol–water partition coefficient (Wildman–Crippen LogP) is 3.46. The second-order valence-corrected chi connectivity index (χ2v) is 6.69. The molecule has 1 aromatic rings. The average Bonchev–Trinajstić information content (AvgIpc) is 2.42. The molecule has 2 nitrogen and oxygen atoms in total. The Bertz CT molecular complexity index is 396. The maximum Gasteiger partial charge on any atom is 0.0237 e. The molecule has 2 heteroatoms. The zero-order chi connectivity index (χ0) is 14.5. The highest BCUT2D eigenvalue weighted by Crippen LogP contribution is 2.18. The molecule has 0 amide bonds. The fourth-order valence-electron chi connectivity index (χ4n) is 3.12. The van der Waals surface area contributed by atoms with E-state index in [9.17, 15) is 0 Å². The zero-order valence-electron chi connectivity index (χ0n) is 13.5. The van der Waals surface area contributed by atoms with Crippen LogP contribution in [-0.2, 0) is 13.0 Å². The van der Waals surface area contributed by atoms with Crippen molar-refractivity contribution in [3.05, 3.63) is 35.4 Å². The van der Waals surface area contributed by atoms with Crippen LogP contribution >= 0.6 is 0 Å². The van der Waals surface area contributed by atoms with Gasteiger partial charge in [-0.2, -0.15) is 0 Å². The predicted molar refractivity (Wildman–Crippen MR) is 86.9 cm³/mol. The van der Waals surface area contributed by atoms with Crippen LogP contribution in [-0.4, -0.2) is 30.1 Å². The summed E-state index contributed by atoms with van der Waals surface area (Å²) in [5, 5.41) is 3.63. The van der Waals surface area contributed by atoms with Gasteiger partial charge < -0.3 is 5.32 Å². The van der Waals surface area contributed by atoms with Crippen molar-refractivity contribution >= 4 is 0 Å². The molecule has 0 radical (unpaired) electrons. The summed E-state index contributed by atoms with van der Waals surface area (Å²) in [6, 6.07) is 10.4. The molecule has 2 unspecified atom stereocenters. The maximum atomic E-state index is 3.63. The molecule has 1 aliphatic heterocycles. The lowest BCUT2D eigenvalue weighted by molar-refractivity contribution is 0.111. The van der Waals surface area contributed by atoms with Gasteiger partial charge in [-0.25, -0.2) is 0 Å². The number of nitrogens with zero attached hydrogens (tertiary/aromatic N) is 1. The quantitative estimate of drug-likeness (QED) is 0.884. The van der Waals surface area contributed by atoms with Crippen LogP contribution in [0.1, 0.15) is 45.2 Å². The van der Waals surface area contributed by atoms with Gasteiger partial charge in [-0.3, -0.25) is 4.90 Å². The zero-order valence-corrected chi connectivity index (χ0v) is 13.5. The van der Waals surface area contributed by atoms with E-state index in [0.717, 1.165) is 32.0 Å². The second kappa shape index (κ2) is 7.24. The summed E-state index contributed by atoms with van der Waals surface area (Å²) in [5.74, 6) is 0.764. The number of benzene rings is 1. The third-order valence-electron chi connectivity index (χ3n) is 4.29. The van der Waals surface area contributed by atoms with Gasteiger partial charge in [-0.05, 0) is 36.8 Å². The Hall–Kier alpha value is -0.860. The number of piperazine rings is 1. The Kier molecular flexibility index (Phi) is 5.62. The number of hydrogen-bond acceptors (Lipinski definition) is 2. The van der Waals surface area contributed by atoms with Crippen LogP contribution < -0.4 is 5.32 Å². The summed E-state index contributed by atoms with van der Waals surface area (Å²) in [6.45, 7) is 12.5. The summed E-state index contributed by atoms with van der Waals surface area (Å²) < 4.78 is 0. The van der Waals surface area contributed by atoms with Crippen molar-refractivity contribution in [2.45, 2.75) is 59.2 Å². The fourth-order valence-corrected chi connectivity index (χ4v) is 3.12. The highest BCUT2D eigenvalue weighted by molar-refractivity contribution is 5.22. The monoisotopic (exact) mass is 274 g/mol. The molecule has 2 atom stereocenters. The third kappa shape index (κ3) is 4.32. The summed E-state index contributed by atoms with van der Waals surface area (Å²) in [6.07, 6.45) is 2.41. The number of aryl methyl sites for hydroxylation is 1. The van der Waals surface area contributed by atoms with Crippen molar-refractivity contribution in [2.24, 2.45) is 5.92 Å². The minimum atomic E-state index is 0.605. The molecule has 0 aromatic heterocycles. The second-order valence-electron chi connectivity index (χ2n) is 6.69. The topological polar surface area (TPSA) is 15.3 Å². The molecule has 1 aromatic carbocycles. The molecule has 0 bridgehead atoms. The largest absolute Gasteiger partial charge is 0.311 e. The van der Waals surface area contributed by atoms with Crippen LogP contribution in [0.2, 0.25) is 0 Å². The highest BCUT2D eigenvalue weighted by Gasteiger charge is 2.26. The van der Waals surface area contributed by atoms with E-state index in [2.05, 4.69) is 62.2 Å². The molecule has 112 valence electrons. The lowest BCUT2D eigenvalue weighted by Crippen LogP contribution is -2.55. The summed E-state index contributed by atoms with van der Waals surface area (Å²) in [7, 11) is 0. The van der Waals surface area contributed by atoms with Crippen LogP contribution in [0.3, 0.4) is 0 Å². The first-order chi connectivity index (χ1) is 9.58. The lowest BCUT2D eigenvalue weighted by Gasteiger charge is -2.40. The molecule has 1 saturated heterocycles. The maximum absolute atomic E-state index is 3.63. The first-order valence-electron chi connectivity index (χ1n) is 8.13. The van der Waals surface area contributed by atoms with Crippen molar-refractivity contribution in [3.63, 3.8) is 0 Å². The van der Waals surface area contributed by atoms with Crippen LogP contribution in [0, 0.1) is 5.92 Å². The number of nitrogens with one attached hydrogen (secondary N) is 1. The van der Waals surface area contributed by atoms with Crippen molar-refractivity contribution in [1.82, 2.24) is 10.2 Å². The van der Waals surface area contributed by atoms with E-state index in [4.69, 9.17) is 0 Å². The first kappa shape index (κ1) is 15.5. The van der Waals surface area contributed by atoms with Gasteiger partial charge in [0, 0.05) is 31.7 Å². The van der Waals surface area contributed by atoms with Gasteiger partial charge in [-0.15, -0.1) is 0 Å². The Morgan fingerprint density at radius 3 is 2.45 bits per heavy atom. The molecule has 20 heavy (non-hydrogen) atoms. The standard InChI is InChI=1S/C18H30N2/c1-5-16-6-8-17(9-7-16)13-20-12-15(4)19-11-18(20)10-14(2)3/h6-9,14-15,18-19H,5,10-13H2,1-4H3. The normalized spacial score (nSPS) is 24.2. The minimum Gasteiger partial charge on any atom is -0.311 e. The molecule has 1 heterocycles. The van der Waals surface area contributed by atoms with E-state index in [0.29, 0.717) is 12.1 Å². The van der Waals surface area contributed by atoms with E-state index in [-0.39, 0.29) is 0 Å². The summed E-state index contributed by atoms with van der Waals surface area (Å²) >= 11 is 0. The molecule has 1 N–H and O–H groups in total. The van der Waals surface area contributed by atoms with Crippen LogP contribution in [0.25, 0.3) is 0 Å². The molecular formula is C18H30N2. The van der Waals surface area contributed by atoms with Gasteiger partial charge in [-0.1, -0.05) is 45.0 Å². The summed E-state index contributed by atoms with van der Waals surface area (Å²) in [4.78, 5) is 2.67. The Labute approximate surface area is 124 Å². The third-order valence-corrected chi connectivity index (χ3v) is 4.29. The van der Waals surface area contributed by atoms with E-state index in [1.165, 1.54) is 17.5 Å². The van der Waals surface area contributed by atoms with E-state index < -0.39 is 0 Å². The SMILES string of the molecule is CCc1ccc(CN2CC(C)NCC2CC(C)C)cc1. The fraction of sp³-hybridized carbons (Fsp3) is 0.667. The molecule has 0 saturated carbocycles. The van der Waals surface area contributed by atoms with Gasteiger partial charge in [0.05, 0.1) is 0 Å². The smallest absolute Gasteiger partial charge is 0.0237 e. The lowest BCUT2D eigenvalue weighted by atomic mass is 9.98. The van der Waals surface area contributed by atoms with Gasteiger partial charge in [0.15, 0.2) is 0 Å². The Morgan fingerprint density at radius 2 is 1.85 bits per heavy atom. The van der Waals surface area contributed by atoms with E-state index in [1.807, 2.05) is 0 Å². The van der Waals surface area contributed by atoms with Crippen LogP contribution in [0.5, 0.6) is 0 Å².